The van der Waals surface area contributed by atoms with Crippen LogP contribution in [0, 0.1) is 0 Å². The van der Waals surface area contributed by atoms with E-state index in [1.807, 2.05) is 13.8 Å². The summed E-state index contributed by atoms with van der Waals surface area (Å²) >= 11 is 0. The third-order valence-electron chi connectivity index (χ3n) is 2.02. The molecule has 0 saturated heterocycles. The van der Waals surface area contributed by atoms with Crippen molar-refractivity contribution in [1.82, 2.24) is 5.43 Å². The lowest BCUT2D eigenvalue weighted by atomic mass is 10.2. The van der Waals surface area contributed by atoms with Crippen LogP contribution in [0.4, 0.5) is 0 Å². The number of hydrogen-bond acceptors (Lipinski definition) is 4. The zero-order valence-electron chi connectivity index (χ0n) is 9.33. The summed E-state index contributed by atoms with van der Waals surface area (Å²) in [5.74, 6) is 5.55. The smallest absolute Gasteiger partial charge is 0.159 e. The molecule has 0 fully saturated rings. The van der Waals surface area contributed by atoms with E-state index in [4.69, 9.17) is 5.84 Å². The van der Waals surface area contributed by atoms with E-state index in [1.54, 1.807) is 13.8 Å². The molecule has 0 aliphatic carbocycles. The molecular formula is C8H19N3O2S. The van der Waals surface area contributed by atoms with Crippen LogP contribution in [0.5, 0.6) is 0 Å². The van der Waals surface area contributed by atoms with Gasteiger partial charge >= 0.3 is 0 Å². The van der Waals surface area contributed by atoms with E-state index in [9.17, 15) is 8.42 Å². The van der Waals surface area contributed by atoms with Gasteiger partial charge in [-0.2, -0.15) is 0 Å². The summed E-state index contributed by atoms with van der Waals surface area (Å²) in [6.45, 7) is 6.86. The van der Waals surface area contributed by atoms with Crippen molar-refractivity contribution in [1.29, 1.82) is 0 Å². The van der Waals surface area contributed by atoms with Crippen LogP contribution in [0.3, 0.4) is 0 Å². The number of rotatable bonds is 3. The summed E-state index contributed by atoms with van der Waals surface area (Å²) < 4.78 is 21.8. The zero-order valence-corrected chi connectivity index (χ0v) is 10.1. The first-order chi connectivity index (χ1) is 6.13. The fourth-order valence-corrected chi connectivity index (χ4v) is 1.26. The molecular weight excluding hydrogens is 202 g/mol. The van der Waals surface area contributed by atoms with Gasteiger partial charge in [0, 0.05) is 12.3 Å². The van der Waals surface area contributed by atoms with Gasteiger partial charge < -0.3 is 5.43 Å². The number of aliphatic imine (C=N–C) groups is 1. The minimum Gasteiger partial charge on any atom is -0.311 e. The molecule has 0 unspecified atom stereocenters. The average Bonchev–Trinajstić information content (AvgIpc) is 1.97. The summed E-state index contributed by atoms with van der Waals surface area (Å²) in [6.07, 6.45) is 1.17. The Morgan fingerprint density at radius 1 is 1.43 bits per heavy atom. The average molecular weight is 221 g/mol. The third kappa shape index (κ3) is 2.95. The topological polar surface area (TPSA) is 84.5 Å². The Morgan fingerprint density at radius 2 is 1.86 bits per heavy atom. The standard InChI is InChI=1S/C8H19N3O2S/c1-6(2)10-7(11-9)8(3,4)14(5,12)13/h6H,9H2,1-5H3,(H,10,11). The van der Waals surface area contributed by atoms with Gasteiger partial charge in [0.1, 0.15) is 10.6 Å². The van der Waals surface area contributed by atoms with Crippen LogP contribution < -0.4 is 11.3 Å². The van der Waals surface area contributed by atoms with E-state index < -0.39 is 14.6 Å². The number of nitrogens with two attached hydrogens (primary N) is 1. The second-order valence-corrected chi connectivity index (χ2v) is 6.56. The summed E-state index contributed by atoms with van der Waals surface area (Å²) in [5.41, 5.74) is 2.35. The molecule has 0 aromatic carbocycles. The zero-order chi connectivity index (χ0) is 11.6. The Bertz CT molecular complexity index is 317. The van der Waals surface area contributed by atoms with E-state index >= 15 is 0 Å². The second-order valence-electron chi connectivity index (χ2n) is 4.00. The van der Waals surface area contributed by atoms with Crippen LogP contribution in [0.1, 0.15) is 27.7 Å². The highest BCUT2D eigenvalue weighted by molar-refractivity contribution is 7.92. The first-order valence-corrected chi connectivity index (χ1v) is 6.26. The second kappa shape index (κ2) is 4.27. The summed E-state index contributed by atoms with van der Waals surface area (Å²) in [4.78, 5) is 4.13. The summed E-state index contributed by atoms with van der Waals surface area (Å²) in [6, 6.07) is 0.00192. The van der Waals surface area contributed by atoms with Gasteiger partial charge in [0.05, 0.1) is 0 Å². The van der Waals surface area contributed by atoms with Gasteiger partial charge in [-0.15, -0.1) is 0 Å². The molecule has 6 heteroatoms. The summed E-state index contributed by atoms with van der Waals surface area (Å²) in [5, 5.41) is 0. The number of hydrogen-bond donors (Lipinski definition) is 2. The van der Waals surface area contributed by atoms with E-state index in [1.165, 1.54) is 6.26 Å². The Hall–Kier alpha value is -0.620. The Morgan fingerprint density at radius 3 is 2.07 bits per heavy atom. The molecule has 0 rings (SSSR count). The fourth-order valence-electron chi connectivity index (χ4n) is 0.800. The first-order valence-electron chi connectivity index (χ1n) is 4.37. The number of nitrogens with one attached hydrogen (secondary N) is 1. The number of amidine groups is 1. The van der Waals surface area contributed by atoms with E-state index in [0.29, 0.717) is 0 Å². The van der Waals surface area contributed by atoms with Gasteiger partial charge in [-0.05, 0) is 27.7 Å². The molecule has 0 aromatic rings. The van der Waals surface area contributed by atoms with Crippen molar-refractivity contribution in [2.75, 3.05) is 6.26 Å². The van der Waals surface area contributed by atoms with Crippen molar-refractivity contribution < 1.29 is 8.42 Å². The SMILES string of the molecule is CC(C)N=C(NN)C(C)(C)S(C)(=O)=O. The van der Waals surface area contributed by atoms with Gasteiger partial charge in [-0.3, -0.25) is 4.99 Å². The molecule has 0 aliphatic heterocycles. The monoisotopic (exact) mass is 221 g/mol. The Kier molecular flexibility index (Phi) is 4.08. The van der Waals surface area contributed by atoms with Gasteiger partial charge in [0.2, 0.25) is 0 Å². The Labute approximate surface area is 85.7 Å². The quantitative estimate of drug-likeness (QED) is 0.306. The largest absolute Gasteiger partial charge is 0.311 e. The van der Waals surface area contributed by atoms with E-state index in [0.717, 1.165) is 0 Å². The normalized spacial score (nSPS) is 14.6. The van der Waals surface area contributed by atoms with Gasteiger partial charge in [-0.1, -0.05) is 0 Å². The van der Waals surface area contributed by atoms with Crippen molar-refractivity contribution >= 4 is 15.7 Å². The molecule has 3 N–H and O–H groups in total. The maximum absolute atomic E-state index is 11.5. The van der Waals surface area contributed by atoms with E-state index in [2.05, 4.69) is 10.4 Å². The predicted octanol–water partition coefficient (Wildman–Crippen LogP) is 0.0798. The molecule has 14 heavy (non-hydrogen) atoms. The molecule has 0 aliphatic rings. The molecule has 0 amide bonds. The van der Waals surface area contributed by atoms with Crippen LogP contribution in [-0.2, 0) is 9.84 Å². The van der Waals surface area contributed by atoms with Crippen LogP contribution >= 0.6 is 0 Å². The maximum atomic E-state index is 11.5. The predicted molar refractivity (Wildman–Crippen MR) is 58.8 cm³/mol. The lowest BCUT2D eigenvalue weighted by molar-refractivity contribution is 0.580. The van der Waals surface area contributed by atoms with Crippen molar-refractivity contribution in [2.45, 2.75) is 38.5 Å². The molecule has 0 atom stereocenters. The molecule has 0 saturated carbocycles. The number of nitrogens with zero attached hydrogens (tertiary/aromatic N) is 1. The summed E-state index contributed by atoms with van der Waals surface area (Å²) in [7, 11) is -3.23. The van der Waals surface area contributed by atoms with Crippen molar-refractivity contribution in [3.63, 3.8) is 0 Å². The molecule has 0 radical (unpaired) electrons. The minimum atomic E-state index is -3.23. The van der Waals surface area contributed by atoms with Crippen molar-refractivity contribution in [3.05, 3.63) is 0 Å². The highest BCUT2D eigenvalue weighted by Crippen LogP contribution is 2.16. The number of hydrazine groups is 1. The first kappa shape index (κ1) is 13.4. The lowest BCUT2D eigenvalue weighted by Gasteiger charge is -2.24. The van der Waals surface area contributed by atoms with Crippen molar-refractivity contribution in [3.8, 4) is 0 Å². The van der Waals surface area contributed by atoms with Crippen molar-refractivity contribution in [2.24, 2.45) is 10.8 Å². The molecule has 0 bridgehead atoms. The highest BCUT2D eigenvalue weighted by atomic mass is 32.2. The van der Waals surface area contributed by atoms with Crippen LogP contribution in [0.25, 0.3) is 0 Å². The van der Waals surface area contributed by atoms with Gasteiger partial charge in [0.15, 0.2) is 9.84 Å². The molecule has 5 nitrogen and oxygen atoms in total. The lowest BCUT2D eigenvalue weighted by Crippen LogP contribution is -2.50. The molecule has 0 spiro atoms. The third-order valence-corrected chi connectivity index (χ3v) is 4.07. The molecule has 0 aromatic heterocycles. The minimum absolute atomic E-state index is 0.00192. The fraction of sp³-hybridized carbons (Fsp3) is 0.875. The highest BCUT2D eigenvalue weighted by Gasteiger charge is 2.36. The van der Waals surface area contributed by atoms with E-state index in [-0.39, 0.29) is 11.9 Å². The van der Waals surface area contributed by atoms with Crippen LogP contribution in [0.2, 0.25) is 0 Å². The number of sulfone groups is 1. The van der Waals surface area contributed by atoms with Crippen LogP contribution in [-0.4, -0.2) is 31.3 Å². The molecule has 84 valence electrons. The van der Waals surface area contributed by atoms with Gasteiger partial charge in [-0.25, -0.2) is 14.3 Å². The van der Waals surface area contributed by atoms with Crippen LogP contribution in [0.15, 0.2) is 4.99 Å². The van der Waals surface area contributed by atoms with Gasteiger partial charge in [0.25, 0.3) is 0 Å². The molecule has 0 heterocycles. The maximum Gasteiger partial charge on any atom is 0.159 e. The Balaban J connectivity index is 5.25.